The lowest BCUT2D eigenvalue weighted by Crippen LogP contribution is -2.31. The molecule has 0 atom stereocenters. The lowest BCUT2D eigenvalue weighted by atomic mass is 10.1. The molecule has 3 heterocycles. The van der Waals surface area contributed by atoms with E-state index >= 15 is 0 Å². The molecular weight excluding hydrogens is 380 g/mol. The number of hydrogen-bond donors (Lipinski definition) is 1. The van der Waals surface area contributed by atoms with Crippen LogP contribution in [0.5, 0.6) is 0 Å². The highest BCUT2D eigenvalue weighted by Gasteiger charge is 2.14. The number of nitrogens with zero attached hydrogens (tertiary/aromatic N) is 5. The summed E-state index contributed by atoms with van der Waals surface area (Å²) in [5.74, 6) is 1.38. The Morgan fingerprint density at radius 2 is 1.93 bits per heavy atom. The number of benzene rings is 1. The lowest BCUT2D eigenvalue weighted by Gasteiger charge is -2.28. The van der Waals surface area contributed by atoms with E-state index in [-0.39, 0.29) is 31.0 Å². The van der Waals surface area contributed by atoms with Gasteiger partial charge in [0, 0.05) is 37.8 Å². The summed E-state index contributed by atoms with van der Waals surface area (Å²) in [4.78, 5) is 40.5. The molecule has 1 aliphatic rings. The average Bonchev–Trinajstić information content (AvgIpc) is 2.78. The van der Waals surface area contributed by atoms with Crippen molar-refractivity contribution in [2.45, 2.75) is 45.7 Å². The number of para-hydroxylation sites is 1. The molecule has 1 saturated heterocycles. The van der Waals surface area contributed by atoms with Crippen molar-refractivity contribution in [1.29, 1.82) is 0 Å². The third-order valence-corrected chi connectivity index (χ3v) is 5.32. The minimum atomic E-state index is -0.153. The quantitative estimate of drug-likeness (QED) is 0.675. The predicted octanol–water partition coefficient (Wildman–Crippen LogP) is 2.19. The number of aromatic nitrogens is 4. The first-order valence-electron chi connectivity index (χ1n) is 10.4. The fourth-order valence-electron chi connectivity index (χ4n) is 3.73. The SMILES string of the molecule is Cc1cc(N2CCCCC2)nc(CNC(=O)CCn2cnc3ccccc3c2=O)n1. The second-order valence-corrected chi connectivity index (χ2v) is 7.62. The van der Waals surface area contributed by atoms with Crippen LogP contribution < -0.4 is 15.8 Å². The van der Waals surface area contributed by atoms with E-state index in [1.165, 1.54) is 30.2 Å². The molecule has 1 N–H and O–H groups in total. The molecule has 0 bridgehead atoms. The number of carbonyl (C=O) groups excluding carboxylic acids is 1. The van der Waals surface area contributed by atoms with Crippen molar-refractivity contribution in [3.63, 3.8) is 0 Å². The standard InChI is InChI=1S/C22H26N6O2/c1-16-13-20(27-10-5-2-6-11-27)26-19(25-16)14-23-21(29)9-12-28-15-24-18-8-4-3-7-17(18)22(28)30/h3-4,7-8,13,15H,2,5-6,9-12,14H2,1H3,(H,23,29). The Balaban J connectivity index is 1.35. The van der Waals surface area contributed by atoms with Gasteiger partial charge >= 0.3 is 0 Å². The molecule has 0 spiro atoms. The molecule has 0 unspecified atom stereocenters. The number of nitrogens with one attached hydrogen (secondary N) is 1. The average molecular weight is 406 g/mol. The molecule has 1 fully saturated rings. The summed E-state index contributed by atoms with van der Waals surface area (Å²) in [6.07, 6.45) is 5.30. The number of carbonyl (C=O) groups is 1. The van der Waals surface area contributed by atoms with Crippen LogP contribution in [0.1, 0.15) is 37.2 Å². The van der Waals surface area contributed by atoms with Gasteiger partial charge in [0.1, 0.15) is 11.6 Å². The normalized spacial score (nSPS) is 14.1. The Morgan fingerprint density at radius 3 is 2.77 bits per heavy atom. The van der Waals surface area contributed by atoms with Crippen LogP contribution >= 0.6 is 0 Å². The van der Waals surface area contributed by atoms with Crippen LogP contribution in [-0.2, 0) is 17.9 Å². The van der Waals surface area contributed by atoms with Crippen LogP contribution in [0.15, 0.2) is 41.5 Å². The van der Waals surface area contributed by atoms with E-state index in [2.05, 4.69) is 25.2 Å². The lowest BCUT2D eigenvalue weighted by molar-refractivity contribution is -0.121. The molecule has 30 heavy (non-hydrogen) atoms. The minimum absolute atomic E-state index is 0.137. The molecule has 0 aliphatic carbocycles. The first-order valence-corrected chi connectivity index (χ1v) is 10.4. The smallest absolute Gasteiger partial charge is 0.261 e. The van der Waals surface area contributed by atoms with Crippen LogP contribution in [0.3, 0.4) is 0 Å². The molecule has 8 heteroatoms. The van der Waals surface area contributed by atoms with Gasteiger partial charge in [0.2, 0.25) is 5.91 Å². The Bertz CT molecular complexity index is 1100. The highest BCUT2D eigenvalue weighted by Crippen LogP contribution is 2.18. The molecule has 2 aromatic heterocycles. The highest BCUT2D eigenvalue weighted by atomic mass is 16.1. The summed E-state index contributed by atoms with van der Waals surface area (Å²) in [5, 5.41) is 3.42. The second-order valence-electron chi connectivity index (χ2n) is 7.62. The van der Waals surface area contributed by atoms with Crippen molar-refractivity contribution in [2.24, 2.45) is 0 Å². The van der Waals surface area contributed by atoms with E-state index in [4.69, 9.17) is 0 Å². The largest absolute Gasteiger partial charge is 0.357 e. The molecule has 1 aromatic carbocycles. The Labute approximate surface area is 175 Å². The minimum Gasteiger partial charge on any atom is -0.357 e. The van der Waals surface area contributed by atoms with Crippen molar-refractivity contribution in [1.82, 2.24) is 24.8 Å². The fraction of sp³-hybridized carbons (Fsp3) is 0.409. The zero-order valence-corrected chi connectivity index (χ0v) is 17.2. The van der Waals surface area contributed by atoms with Crippen LogP contribution in [0.2, 0.25) is 0 Å². The number of fused-ring (bicyclic) bond motifs is 1. The van der Waals surface area contributed by atoms with Crippen LogP contribution in [-0.4, -0.2) is 38.5 Å². The maximum atomic E-state index is 12.5. The number of rotatable bonds is 6. The summed E-state index contributed by atoms with van der Waals surface area (Å²) in [5.41, 5.74) is 1.41. The third kappa shape index (κ3) is 4.64. The third-order valence-electron chi connectivity index (χ3n) is 5.32. The maximum absolute atomic E-state index is 12.5. The first-order chi connectivity index (χ1) is 14.6. The molecule has 3 aromatic rings. The van der Waals surface area contributed by atoms with E-state index in [0.717, 1.165) is 24.6 Å². The number of amides is 1. The summed E-state index contributed by atoms with van der Waals surface area (Å²) in [7, 11) is 0. The van der Waals surface area contributed by atoms with Crippen molar-refractivity contribution < 1.29 is 4.79 Å². The second kappa shape index (κ2) is 9.02. The molecule has 1 aliphatic heterocycles. The molecule has 8 nitrogen and oxygen atoms in total. The Hall–Kier alpha value is -3.29. The molecular formula is C22H26N6O2. The van der Waals surface area contributed by atoms with Crippen molar-refractivity contribution in [3.05, 3.63) is 58.5 Å². The van der Waals surface area contributed by atoms with Crippen LogP contribution in [0.4, 0.5) is 5.82 Å². The summed E-state index contributed by atoms with van der Waals surface area (Å²) in [6, 6.07) is 9.19. The Morgan fingerprint density at radius 1 is 1.13 bits per heavy atom. The van der Waals surface area contributed by atoms with Gasteiger partial charge in [0.15, 0.2) is 0 Å². The number of piperidine rings is 1. The molecule has 4 rings (SSSR count). The van der Waals surface area contributed by atoms with E-state index in [1.807, 2.05) is 25.1 Å². The molecule has 0 saturated carbocycles. The Kier molecular flexibility index (Phi) is 6.02. The van der Waals surface area contributed by atoms with Crippen molar-refractivity contribution in [2.75, 3.05) is 18.0 Å². The maximum Gasteiger partial charge on any atom is 0.261 e. The molecule has 1 amide bonds. The zero-order chi connectivity index (χ0) is 20.9. The van der Waals surface area contributed by atoms with Gasteiger partial charge in [-0.3, -0.25) is 14.2 Å². The first kappa shape index (κ1) is 20.0. The van der Waals surface area contributed by atoms with Gasteiger partial charge in [-0.2, -0.15) is 0 Å². The molecule has 0 radical (unpaired) electrons. The van der Waals surface area contributed by atoms with Crippen molar-refractivity contribution >= 4 is 22.6 Å². The van der Waals surface area contributed by atoms with Gasteiger partial charge in [0.05, 0.1) is 23.8 Å². The summed E-state index contributed by atoms with van der Waals surface area (Å²) < 4.78 is 1.47. The van der Waals surface area contributed by atoms with Gasteiger partial charge < -0.3 is 10.2 Å². The topological polar surface area (TPSA) is 93.0 Å². The highest BCUT2D eigenvalue weighted by molar-refractivity contribution is 5.77. The van der Waals surface area contributed by atoms with Crippen LogP contribution in [0.25, 0.3) is 10.9 Å². The van der Waals surface area contributed by atoms with Gasteiger partial charge in [-0.05, 0) is 38.3 Å². The zero-order valence-electron chi connectivity index (χ0n) is 17.2. The van der Waals surface area contributed by atoms with Gasteiger partial charge in [-0.15, -0.1) is 0 Å². The van der Waals surface area contributed by atoms with Gasteiger partial charge in [-0.1, -0.05) is 12.1 Å². The van der Waals surface area contributed by atoms with E-state index in [1.54, 1.807) is 12.1 Å². The fourth-order valence-corrected chi connectivity index (χ4v) is 3.73. The number of hydrogen-bond acceptors (Lipinski definition) is 6. The van der Waals surface area contributed by atoms with E-state index < -0.39 is 0 Å². The van der Waals surface area contributed by atoms with E-state index in [9.17, 15) is 9.59 Å². The van der Waals surface area contributed by atoms with E-state index in [0.29, 0.717) is 16.7 Å². The molecule has 156 valence electrons. The van der Waals surface area contributed by atoms with Crippen LogP contribution in [0, 0.1) is 6.92 Å². The predicted molar refractivity (Wildman–Crippen MR) is 115 cm³/mol. The van der Waals surface area contributed by atoms with Crippen molar-refractivity contribution in [3.8, 4) is 0 Å². The van der Waals surface area contributed by atoms with Gasteiger partial charge in [-0.25, -0.2) is 15.0 Å². The number of anilines is 1. The summed E-state index contributed by atoms with van der Waals surface area (Å²) in [6.45, 7) is 4.51. The van der Waals surface area contributed by atoms with Gasteiger partial charge in [0.25, 0.3) is 5.56 Å². The summed E-state index contributed by atoms with van der Waals surface area (Å²) >= 11 is 0. The monoisotopic (exact) mass is 406 g/mol. The number of aryl methyl sites for hydroxylation is 2.